The summed E-state index contributed by atoms with van der Waals surface area (Å²) in [4.78, 5) is 11.6. The smallest absolute Gasteiger partial charge is 0.147 e. The van der Waals surface area contributed by atoms with Crippen LogP contribution in [0.15, 0.2) is 52.8 Å². The number of halogens is 1. The lowest BCUT2D eigenvalue weighted by atomic mass is 9.73. The van der Waals surface area contributed by atoms with Gasteiger partial charge >= 0.3 is 0 Å². The van der Waals surface area contributed by atoms with Crippen LogP contribution in [0.3, 0.4) is 0 Å². The van der Waals surface area contributed by atoms with Crippen LogP contribution in [0.2, 0.25) is 0 Å². The zero-order valence-electron chi connectivity index (χ0n) is 16.2. The quantitative estimate of drug-likeness (QED) is 0.694. The molecule has 0 saturated carbocycles. The minimum absolute atomic E-state index is 0.0225. The molecule has 7 nitrogen and oxygen atoms in total. The molecule has 1 atom stereocenters. The van der Waals surface area contributed by atoms with Gasteiger partial charge in [0.2, 0.25) is 0 Å². The third-order valence-corrected chi connectivity index (χ3v) is 7.14. The molecular weight excluding hydrogens is 401 g/mol. The van der Waals surface area contributed by atoms with Crippen LogP contribution in [-0.4, -0.2) is 32.8 Å². The summed E-state index contributed by atoms with van der Waals surface area (Å²) in [5, 5.41) is 13.9. The molecule has 4 heterocycles. The van der Waals surface area contributed by atoms with Crippen molar-refractivity contribution in [2.24, 2.45) is 11.1 Å². The number of rotatable bonds is 3. The minimum Gasteiger partial charge on any atom is -0.355 e. The topological polar surface area (TPSA) is 96.7 Å². The Morgan fingerprint density at radius 1 is 1.20 bits per heavy atom. The van der Waals surface area contributed by atoms with Crippen LogP contribution in [0.1, 0.15) is 30.1 Å². The first-order chi connectivity index (χ1) is 14.6. The molecule has 2 aliphatic rings. The van der Waals surface area contributed by atoms with Gasteiger partial charge in [0.05, 0.1) is 35.8 Å². The first-order valence-corrected chi connectivity index (χ1v) is 10.6. The molecule has 5 rings (SSSR count). The fourth-order valence-corrected chi connectivity index (χ4v) is 5.12. The molecule has 1 fully saturated rings. The highest BCUT2D eigenvalue weighted by molar-refractivity contribution is 7.99. The van der Waals surface area contributed by atoms with E-state index in [0.29, 0.717) is 15.5 Å². The molecule has 30 heavy (non-hydrogen) atoms. The maximum atomic E-state index is 14.1. The number of aromatic nitrogens is 4. The van der Waals surface area contributed by atoms with E-state index in [9.17, 15) is 4.39 Å². The monoisotopic (exact) mass is 421 g/mol. The van der Waals surface area contributed by atoms with E-state index in [-0.39, 0.29) is 11.5 Å². The van der Waals surface area contributed by atoms with E-state index >= 15 is 0 Å². The lowest BCUT2D eigenvalue weighted by Crippen LogP contribution is -2.45. The third kappa shape index (κ3) is 3.22. The van der Waals surface area contributed by atoms with Crippen LogP contribution in [0, 0.1) is 22.6 Å². The van der Waals surface area contributed by atoms with Crippen LogP contribution in [0.5, 0.6) is 0 Å². The van der Waals surface area contributed by atoms with Gasteiger partial charge in [-0.1, -0.05) is 11.8 Å². The van der Waals surface area contributed by atoms with Crippen molar-refractivity contribution in [1.82, 2.24) is 19.7 Å². The molecule has 152 valence electrons. The summed E-state index contributed by atoms with van der Waals surface area (Å²) in [6, 6.07) is 8.39. The number of nitriles is 1. The van der Waals surface area contributed by atoms with Gasteiger partial charge in [0.1, 0.15) is 16.7 Å². The van der Waals surface area contributed by atoms with Crippen molar-refractivity contribution >= 4 is 17.6 Å². The summed E-state index contributed by atoms with van der Waals surface area (Å²) in [6.45, 7) is 2.61. The summed E-state index contributed by atoms with van der Waals surface area (Å²) in [5.41, 5.74) is 8.04. The number of fused-ring (bicyclic) bond motifs is 1. The van der Waals surface area contributed by atoms with Gasteiger partial charge in [0.15, 0.2) is 0 Å². The highest BCUT2D eigenvalue weighted by atomic mass is 32.2. The number of hydrogen-bond acceptors (Lipinski definition) is 7. The fraction of sp³-hybridized carbons (Fsp3) is 0.333. The Hall–Kier alpha value is -2.96. The van der Waals surface area contributed by atoms with Crippen molar-refractivity contribution in [1.29, 1.82) is 5.26 Å². The number of nitrogens with two attached hydrogens (primary N) is 1. The van der Waals surface area contributed by atoms with E-state index in [1.165, 1.54) is 17.8 Å². The van der Waals surface area contributed by atoms with E-state index in [1.807, 2.05) is 23.0 Å². The van der Waals surface area contributed by atoms with E-state index < -0.39 is 5.82 Å². The van der Waals surface area contributed by atoms with Crippen molar-refractivity contribution in [3.63, 3.8) is 0 Å². The van der Waals surface area contributed by atoms with Gasteiger partial charge in [-0.25, -0.2) is 14.4 Å². The van der Waals surface area contributed by atoms with E-state index in [0.717, 1.165) is 44.0 Å². The van der Waals surface area contributed by atoms with E-state index in [4.69, 9.17) is 11.0 Å². The van der Waals surface area contributed by atoms with Gasteiger partial charge in [-0.15, -0.1) is 0 Å². The molecule has 0 bridgehead atoms. The minimum atomic E-state index is -0.431. The molecule has 2 aromatic heterocycles. The fourth-order valence-electron chi connectivity index (χ4n) is 4.39. The van der Waals surface area contributed by atoms with Crippen LogP contribution in [0.4, 0.5) is 10.2 Å². The SMILES string of the molecule is N#Cc1ccc(Sc2cnc(N3CCC4(CC3)Cn3nccc3[C@H]4N)cn2)c(F)c1. The summed E-state index contributed by atoms with van der Waals surface area (Å²) in [5.74, 6) is 0.387. The Bertz CT molecular complexity index is 1110. The molecule has 1 saturated heterocycles. The zero-order chi connectivity index (χ0) is 20.7. The van der Waals surface area contributed by atoms with Crippen molar-refractivity contribution in [2.45, 2.75) is 35.3 Å². The van der Waals surface area contributed by atoms with Crippen molar-refractivity contribution in [3.8, 4) is 6.07 Å². The molecule has 1 spiro atoms. The van der Waals surface area contributed by atoms with Gasteiger partial charge in [0, 0.05) is 36.1 Å². The number of nitrogens with zero attached hydrogens (tertiary/aromatic N) is 6. The van der Waals surface area contributed by atoms with Crippen LogP contribution in [-0.2, 0) is 6.54 Å². The van der Waals surface area contributed by atoms with Crippen molar-refractivity contribution in [2.75, 3.05) is 18.0 Å². The van der Waals surface area contributed by atoms with Crippen LogP contribution in [0.25, 0.3) is 0 Å². The van der Waals surface area contributed by atoms with Crippen molar-refractivity contribution < 1.29 is 4.39 Å². The Balaban J connectivity index is 1.24. The number of benzene rings is 1. The zero-order valence-corrected chi connectivity index (χ0v) is 17.0. The Morgan fingerprint density at radius 3 is 2.70 bits per heavy atom. The molecule has 0 amide bonds. The second-order valence-electron chi connectivity index (χ2n) is 7.81. The molecule has 0 radical (unpaired) electrons. The molecule has 0 unspecified atom stereocenters. The lowest BCUT2D eigenvalue weighted by Gasteiger charge is -2.41. The second kappa shape index (κ2) is 7.38. The maximum absolute atomic E-state index is 14.1. The molecule has 2 aliphatic heterocycles. The van der Waals surface area contributed by atoms with E-state index in [2.05, 4.69) is 20.0 Å². The molecule has 1 aromatic carbocycles. The first-order valence-electron chi connectivity index (χ1n) is 9.80. The highest BCUT2D eigenvalue weighted by Crippen LogP contribution is 2.47. The number of anilines is 1. The summed E-state index contributed by atoms with van der Waals surface area (Å²) in [6.07, 6.45) is 7.18. The van der Waals surface area contributed by atoms with E-state index in [1.54, 1.807) is 24.5 Å². The lowest BCUT2D eigenvalue weighted by molar-refractivity contribution is 0.170. The van der Waals surface area contributed by atoms with Gasteiger partial charge in [0.25, 0.3) is 0 Å². The third-order valence-electron chi connectivity index (χ3n) is 6.17. The Morgan fingerprint density at radius 2 is 2.03 bits per heavy atom. The van der Waals surface area contributed by atoms with Gasteiger partial charge in [-0.2, -0.15) is 10.4 Å². The molecular formula is C21H20FN7S. The largest absolute Gasteiger partial charge is 0.355 e. The number of piperidine rings is 1. The standard InChI is InChI=1S/C21H20FN7S/c22-15-9-14(10-23)1-2-17(15)30-19-12-25-18(11-26-19)28-7-4-21(5-8-28)13-29-16(20(21)24)3-6-27-29/h1-3,6,9,11-12,20H,4-5,7-8,13,24H2/t20-/m1/s1. The first kappa shape index (κ1) is 19.0. The second-order valence-corrected chi connectivity index (χ2v) is 8.87. The summed E-state index contributed by atoms with van der Waals surface area (Å²) >= 11 is 1.20. The average Bonchev–Trinajstić information content (AvgIpc) is 3.32. The summed E-state index contributed by atoms with van der Waals surface area (Å²) < 4.78 is 16.1. The Kier molecular flexibility index (Phi) is 4.68. The Labute approximate surface area is 177 Å². The molecule has 0 aliphatic carbocycles. The molecule has 3 aromatic rings. The van der Waals surface area contributed by atoms with Gasteiger partial charge in [-0.05, 0) is 37.1 Å². The van der Waals surface area contributed by atoms with Crippen LogP contribution < -0.4 is 10.6 Å². The molecule has 9 heteroatoms. The molecule has 2 N–H and O–H groups in total. The number of hydrogen-bond donors (Lipinski definition) is 1. The maximum Gasteiger partial charge on any atom is 0.147 e. The average molecular weight is 422 g/mol. The van der Waals surface area contributed by atoms with Gasteiger partial charge in [-0.3, -0.25) is 4.68 Å². The normalized spacial score (nSPS) is 19.6. The van der Waals surface area contributed by atoms with Crippen LogP contribution >= 0.6 is 11.8 Å². The highest BCUT2D eigenvalue weighted by Gasteiger charge is 2.46. The predicted octanol–water partition coefficient (Wildman–Crippen LogP) is 3.14. The van der Waals surface area contributed by atoms with Crippen molar-refractivity contribution in [3.05, 3.63) is 59.9 Å². The predicted molar refractivity (Wildman–Crippen MR) is 110 cm³/mol. The summed E-state index contributed by atoms with van der Waals surface area (Å²) in [7, 11) is 0. The van der Waals surface area contributed by atoms with Gasteiger partial charge < -0.3 is 10.6 Å².